The molecule has 12 heteroatoms. The second-order valence-electron chi connectivity index (χ2n) is 7.69. The van der Waals surface area contributed by atoms with Crippen molar-refractivity contribution in [3.05, 3.63) is 40.2 Å². The Hall–Kier alpha value is -2.57. The monoisotopic (exact) mass is 549 g/mol. The van der Waals surface area contributed by atoms with Gasteiger partial charge in [-0.1, -0.05) is 21.1 Å². The fraction of sp³-hybridized carbons (Fsp3) is 0.333. The molecule has 0 N–H and O–H groups in total. The fourth-order valence-electron chi connectivity index (χ4n) is 4.04. The molecule has 0 bridgehead atoms. The van der Waals surface area contributed by atoms with Gasteiger partial charge in [0, 0.05) is 17.6 Å². The molecule has 0 aliphatic carbocycles. The van der Waals surface area contributed by atoms with E-state index < -0.39 is 9.84 Å². The van der Waals surface area contributed by atoms with Gasteiger partial charge in [-0.3, -0.25) is 4.79 Å². The topological polar surface area (TPSA) is 107 Å². The number of sulfone groups is 1. The van der Waals surface area contributed by atoms with E-state index in [-0.39, 0.29) is 27.5 Å². The third-order valence-electron chi connectivity index (χ3n) is 5.62. The van der Waals surface area contributed by atoms with E-state index in [1.807, 2.05) is 16.3 Å². The van der Waals surface area contributed by atoms with Gasteiger partial charge < -0.3 is 9.64 Å². The van der Waals surface area contributed by atoms with Crippen molar-refractivity contribution in [2.75, 3.05) is 24.6 Å². The smallest absolute Gasteiger partial charge is 0.310 e. The number of piperidine rings is 1. The Bertz CT molecular complexity index is 1450. The number of fused-ring (bicyclic) bond motifs is 3. The molecule has 0 saturated carbocycles. The van der Waals surface area contributed by atoms with E-state index in [9.17, 15) is 13.2 Å². The second-order valence-corrected chi connectivity index (χ2v) is 11.4. The highest BCUT2D eigenvalue weighted by Crippen LogP contribution is 2.35. The number of carbonyl (C=O) groups excluding carboxylic acids is 1. The Morgan fingerprint density at radius 3 is 2.82 bits per heavy atom. The van der Waals surface area contributed by atoms with Crippen LogP contribution in [-0.2, 0) is 19.4 Å². The molecule has 1 atom stereocenters. The van der Waals surface area contributed by atoms with Crippen LogP contribution in [0.15, 0.2) is 50.1 Å². The lowest BCUT2D eigenvalue weighted by atomic mass is 9.98. The summed E-state index contributed by atoms with van der Waals surface area (Å²) in [6, 6.07) is 8.23. The number of halogens is 1. The van der Waals surface area contributed by atoms with E-state index in [0.29, 0.717) is 25.5 Å². The number of aromatic nitrogens is 4. The molecule has 4 aromatic rings. The van der Waals surface area contributed by atoms with Crippen molar-refractivity contribution in [2.45, 2.75) is 29.7 Å². The molecule has 1 saturated heterocycles. The number of anilines is 1. The van der Waals surface area contributed by atoms with Crippen LogP contribution < -0.4 is 4.90 Å². The van der Waals surface area contributed by atoms with Crippen molar-refractivity contribution in [1.82, 2.24) is 19.8 Å². The fourth-order valence-corrected chi connectivity index (χ4v) is 6.43. The summed E-state index contributed by atoms with van der Waals surface area (Å²) in [5.41, 5.74) is 0.889. The summed E-state index contributed by atoms with van der Waals surface area (Å²) < 4.78 is 35.0. The third kappa shape index (κ3) is 3.89. The van der Waals surface area contributed by atoms with Gasteiger partial charge in [-0.05, 0) is 55.5 Å². The standard InChI is InChI=1S/C21H20BrN5O4S2/c1-2-31-21(28)13-4-3-10-26(12-13)18-17-16(9-11-32-17)27-19(23-18)20(24-25-27)33(29,30)15-7-5-14(22)6-8-15/h5-9,11,13H,2-4,10,12H2,1H3/t13-/m1/s1. The SMILES string of the molecule is CCOC(=O)[C@@H]1CCCN(c2nc3c(S(=O)(=O)c4ccc(Br)cc4)nnn3c3ccsc23)C1. The highest BCUT2D eigenvalue weighted by atomic mass is 79.9. The van der Waals surface area contributed by atoms with Gasteiger partial charge in [-0.2, -0.15) is 4.52 Å². The molecule has 0 amide bonds. The molecular formula is C21H20BrN5O4S2. The Balaban J connectivity index is 1.63. The van der Waals surface area contributed by atoms with Crippen LogP contribution in [0.1, 0.15) is 19.8 Å². The van der Waals surface area contributed by atoms with Crippen molar-refractivity contribution in [2.24, 2.45) is 5.92 Å². The first-order valence-electron chi connectivity index (χ1n) is 10.4. The number of hydrogen-bond acceptors (Lipinski definition) is 9. The van der Waals surface area contributed by atoms with E-state index in [4.69, 9.17) is 9.72 Å². The number of carbonyl (C=O) groups is 1. The lowest BCUT2D eigenvalue weighted by molar-refractivity contribution is -0.148. The lowest BCUT2D eigenvalue weighted by Gasteiger charge is -2.32. The first-order valence-corrected chi connectivity index (χ1v) is 13.6. The number of thiophene rings is 1. The number of nitrogens with zero attached hydrogens (tertiary/aromatic N) is 5. The largest absolute Gasteiger partial charge is 0.466 e. The molecule has 0 spiro atoms. The number of rotatable bonds is 5. The van der Waals surface area contributed by atoms with E-state index in [1.54, 1.807) is 19.1 Å². The molecule has 0 radical (unpaired) electrons. The van der Waals surface area contributed by atoms with Gasteiger partial charge in [0.1, 0.15) is 0 Å². The molecule has 1 aliphatic rings. The molecule has 1 aromatic carbocycles. The second kappa shape index (κ2) is 8.65. The number of benzene rings is 1. The Kier molecular flexibility index (Phi) is 5.83. The number of hydrogen-bond donors (Lipinski definition) is 0. The number of ether oxygens (including phenoxy) is 1. The molecule has 5 rings (SSSR count). The Morgan fingerprint density at radius 2 is 2.06 bits per heavy atom. The predicted molar refractivity (Wildman–Crippen MR) is 127 cm³/mol. The van der Waals surface area contributed by atoms with Crippen LogP contribution in [0.3, 0.4) is 0 Å². The summed E-state index contributed by atoms with van der Waals surface area (Å²) in [6.07, 6.45) is 1.56. The van der Waals surface area contributed by atoms with Crippen LogP contribution in [0.5, 0.6) is 0 Å². The van der Waals surface area contributed by atoms with E-state index in [0.717, 1.165) is 27.5 Å². The minimum absolute atomic E-state index is 0.113. The maximum Gasteiger partial charge on any atom is 0.310 e. The van der Waals surface area contributed by atoms with Crippen molar-refractivity contribution in [3.63, 3.8) is 0 Å². The molecule has 172 valence electrons. The molecule has 1 aliphatic heterocycles. The van der Waals surface area contributed by atoms with Crippen molar-refractivity contribution in [1.29, 1.82) is 0 Å². The van der Waals surface area contributed by atoms with Crippen LogP contribution in [0.2, 0.25) is 0 Å². The van der Waals surface area contributed by atoms with Gasteiger partial charge >= 0.3 is 5.97 Å². The Morgan fingerprint density at radius 1 is 1.27 bits per heavy atom. The summed E-state index contributed by atoms with van der Waals surface area (Å²) in [5, 5.41) is 9.84. The van der Waals surface area contributed by atoms with E-state index >= 15 is 0 Å². The van der Waals surface area contributed by atoms with Gasteiger partial charge in [-0.25, -0.2) is 13.4 Å². The van der Waals surface area contributed by atoms with Crippen molar-refractivity contribution in [3.8, 4) is 0 Å². The zero-order chi connectivity index (χ0) is 23.2. The molecule has 1 fully saturated rings. The van der Waals surface area contributed by atoms with E-state index in [1.165, 1.54) is 28.0 Å². The van der Waals surface area contributed by atoms with Crippen LogP contribution >= 0.6 is 27.3 Å². The average molecular weight is 550 g/mol. The first kappa shape index (κ1) is 22.2. The predicted octanol–water partition coefficient (Wildman–Crippen LogP) is 3.71. The van der Waals surface area contributed by atoms with Gasteiger partial charge in [-0.15, -0.1) is 16.4 Å². The minimum Gasteiger partial charge on any atom is -0.466 e. The maximum atomic E-state index is 13.4. The summed E-state index contributed by atoms with van der Waals surface area (Å²) in [4.78, 5) is 19.2. The third-order valence-corrected chi connectivity index (χ3v) is 8.72. The van der Waals surface area contributed by atoms with Crippen LogP contribution in [0.4, 0.5) is 5.82 Å². The lowest BCUT2D eigenvalue weighted by Crippen LogP contribution is -2.40. The number of esters is 1. The normalized spacial score (nSPS) is 17.0. The van der Waals surface area contributed by atoms with Crippen LogP contribution in [0, 0.1) is 5.92 Å². The van der Waals surface area contributed by atoms with Crippen LogP contribution in [-0.4, -0.2) is 53.9 Å². The first-order chi connectivity index (χ1) is 15.9. The molecule has 33 heavy (non-hydrogen) atoms. The highest BCUT2D eigenvalue weighted by Gasteiger charge is 2.31. The highest BCUT2D eigenvalue weighted by molar-refractivity contribution is 9.10. The molecule has 4 heterocycles. The van der Waals surface area contributed by atoms with Crippen LogP contribution in [0.25, 0.3) is 15.9 Å². The quantitative estimate of drug-likeness (QED) is 0.346. The summed E-state index contributed by atoms with van der Waals surface area (Å²) in [7, 11) is -3.94. The average Bonchev–Trinajstić information content (AvgIpc) is 3.46. The van der Waals surface area contributed by atoms with Crippen molar-refractivity contribution >= 4 is 64.8 Å². The van der Waals surface area contributed by atoms with Gasteiger partial charge in [0.05, 0.1) is 27.6 Å². The summed E-state index contributed by atoms with van der Waals surface area (Å²) in [5.74, 6) is 0.173. The molecular weight excluding hydrogens is 530 g/mol. The maximum absolute atomic E-state index is 13.4. The minimum atomic E-state index is -3.94. The van der Waals surface area contributed by atoms with Gasteiger partial charge in [0.15, 0.2) is 11.5 Å². The summed E-state index contributed by atoms with van der Waals surface area (Å²) in [6.45, 7) is 3.31. The van der Waals surface area contributed by atoms with Gasteiger partial charge in [0.25, 0.3) is 0 Å². The Labute approximate surface area is 202 Å². The van der Waals surface area contributed by atoms with E-state index in [2.05, 4.69) is 26.2 Å². The van der Waals surface area contributed by atoms with Gasteiger partial charge in [0.2, 0.25) is 14.9 Å². The molecule has 9 nitrogen and oxygen atoms in total. The zero-order valence-corrected chi connectivity index (χ0v) is 20.9. The molecule has 3 aromatic heterocycles. The molecule has 0 unspecified atom stereocenters. The van der Waals surface area contributed by atoms with Crippen molar-refractivity contribution < 1.29 is 17.9 Å². The zero-order valence-electron chi connectivity index (χ0n) is 17.6. The summed E-state index contributed by atoms with van der Waals surface area (Å²) >= 11 is 4.82.